The summed E-state index contributed by atoms with van der Waals surface area (Å²) in [5.41, 5.74) is 11.6. The number of nitrogen functional groups attached to an aromatic ring is 3. The van der Waals surface area contributed by atoms with Gasteiger partial charge in [-0.2, -0.15) is 15.0 Å². The molecule has 0 aromatic carbocycles. The molecule has 0 aliphatic carbocycles. The van der Waals surface area contributed by atoms with Crippen molar-refractivity contribution >= 4 is 60.5 Å². The molecule has 84 heavy (non-hydrogen) atoms. The summed E-state index contributed by atoms with van der Waals surface area (Å²) >= 11 is 0. The van der Waals surface area contributed by atoms with Crippen LogP contribution in [0.15, 0.2) is 61.0 Å². The Hall–Kier alpha value is -5.82. The molecule has 9 heterocycles. The molecule has 46 heteroatoms. The van der Waals surface area contributed by atoms with Crippen LogP contribution in [-0.4, -0.2) is 193 Å². The number of rotatable bonds is 22. The smallest absolute Gasteiger partial charge is 0.387 e. The zero-order valence-electron chi connectivity index (χ0n) is 42.3. The number of H-pyrrole nitrogens is 2. The van der Waals surface area contributed by atoms with Crippen LogP contribution in [0.2, 0.25) is 0 Å². The second-order valence-corrected chi connectivity index (χ2v) is 23.5. The summed E-state index contributed by atoms with van der Waals surface area (Å²) in [6.45, 7) is -3.22. The minimum absolute atomic E-state index is 0.128. The van der Waals surface area contributed by atoms with Gasteiger partial charge in [0, 0.05) is 34.8 Å². The van der Waals surface area contributed by atoms with E-state index in [-0.39, 0.29) is 28.4 Å². The number of aromatic nitrogens is 10. The Morgan fingerprint density at radius 2 is 1.10 bits per heavy atom. The van der Waals surface area contributed by atoms with Crippen LogP contribution in [0.5, 0.6) is 0 Å². The van der Waals surface area contributed by atoms with Gasteiger partial charge in [-0.1, -0.05) is 0 Å². The molecule has 17 N–H and O–H groups in total. The van der Waals surface area contributed by atoms with Gasteiger partial charge in [-0.25, -0.2) is 33.1 Å². The van der Waals surface area contributed by atoms with Crippen molar-refractivity contribution in [3.8, 4) is 0 Å². The monoisotopic (exact) mass is 1280 g/mol. The Balaban J connectivity index is 0.926. The summed E-state index contributed by atoms with van der Waals surface area (Å²) in [5, 5.41) is 55.8. The molecule has 460 valence electrons. The van der Waals surface area contributed by atoms with Gasteiger partial charge in [-0.15, -0.1) is 9.42 Å². The van der Waals surface area contributed by atoms with Crippen molar-refractivity contribution in [2.45, 2.75) is 105 Å². The Bertz CT molecular complexity index is 3750. The Morgan fingerprint density at radius 3 is 1.63 bits per heavy atom. The maximum Gasteiger partial charge on any atom is 0.694 e. The summed E-state index contributed by atoms with van der Waals surface area (Å²) in [5.74, 6) is -0.967. The minimum atomic E-state index is -5.80. The fourth-order valence-electron chi connectivity index (χ4n) is 9.07. The van der Waals surface area contributed by atoms with Crippen LogP contribution < -0.4 is 45.4 Å². The van der Waals surface area contributed by atoms with Gasteiger partial charge in [0.1, 0.15) is 91.5 Å². The zero-order valence-corrected chi connectivity index (χ0v) is 45.9. The van der Waals surface area contributed by atoms with E-state index in [9.17, 15) is 87.3 Å². The van der Waals surface area contributed by atoms with Gasteiger partial charge in [-0.3, -0.25) is 65.0 Å². The maximum atomic E-state index is 14.0. The van der Waals surface area contributed by atoms with E-state index in [4.69, 9.17) is 67.8 Å². The number of hydrogen-bond donors (Lipinski definition) is 14. The molecule has 0 amide bonds. The summed E-state index contributed by atoms with van der Waals surface area (Å²) in [6, 6.07) is 1.97. The van der Waals surface area contributed by atoms with Gasteiger partial charge in [-0.05, 0) is 13.0 Å². The van der Waals surface area contributed by atoms with Gasteiger partial charge in [0.15, 0.2) is 36.1 Å². The topological polar surface area (TPSA) is 618 Å². The molecular weight excluding hydrogens is 1230 g/mol. The van der Waals surface area contributed by atoms with Crippen molar-refractivity contribution in [3.63, 3.8) is 0 Å². The molecule has 5 aromatic rings. The summed E-state index contributed by atoms with van der Waals surface area (Å²) < 4.78 is 114. The third kappa shape index (κ3) is 13.4. The number of phosphoric acid groups is 3. The normalized spacial score (nSPS) is 32.1. The molecular formula is C38H50N13O29P4+. The predicted molar refractivity (Wildman–Crippen MR) is 268 cm³/mol. The molecule has 4 fully saturated rings. The number of aliphatic hydroxyl groups is 5. The number of anilines is 3. The third-order valence-corrected chi connectivity index (χ3v) is 16.3. The number of fused-ring (bicyclic) bond motifs is 1. The number of aliphatic hydroxyl groups excluding tert-OH is 5. The van der Waals surface area contributed by atoms with Crippen molar-refractivity contribution < 1.29 is 114 Å². The maximum absolute atomic E-state index is 14.0. The lowest BCUT2D eigenvalue weighted by Crippen LogP contribution is -2.39. The predicted octanol–water partition coefficient (Wildman–Crippen LogP) is -6.19. The van der Waals surface area contributed by atoms with Gasteiger partial charge < -0.3 is 76.4 Å². The van der Waals surface area contributed by atoms with Gasteiger partial charge >= 0.3 is 48.8 Å². The van der Waals surface area contributed by atoms with Gasteiger partial charge in [0.05, 0.1) is 26.1 Å². The fraction of sp³-hybridized carbons (Fsp3) is 0.553. The lowest BCUT2D eigenvalue weighted by molar-refractivity contribution is -0.0654. The largest absolute Gasteiger partial charge is 0.694 e. The fourth-order valence-corrected chi connectivity index (χ4v) is 12.2. The van der Waals surface area contributed by atoms with Crippen LogP contribution >= 0.6 is 31.7 Å². The van der Waals surface area contributed by atoms with Crippen LogP contribution in [0, 0.1) is 6.92 Å². The number of imidazole rings is 1. The van der Waals surface area contributed by atoms with E-state index in [1.165, 1.54) is 6.92 Å². The number of aryl methyl sites for hydroxylation is 1. The molecule has 0 spiro atoms. The lowest BCUT2D eigenvalue weighted by Gasteiger charge is -2.26. The number of nitrogens with two attached hydrogens (primary N) is 3. The van der Waals surface area contributed by atoms with Crippen LogP contribution in [0.3, 0.4) is 0 Å². The van der Waals surface area contributed by atoms with Crippen molar-refractivity contribution in [3.05, 3.63) is 94.8 Å². The van der Waals surface area contributed by atoms with Gasteiger partial charge in [0.2, 0.25) is 5.95 Å². The molecule has 0 radical (unpaired) electrons. The summed E-state index contributed by atoms with van der Waals surface area (Å²) in [4.78, 5) is 124. The highest BCUT2D eigenvalue weighted by Gasteiger charge is 2.55. The van der Waals surface area contributed by atoms with Crippen molar-refractivity contribution in [2.75, 3.05) is 43.6 Å². The number of aromatic amines is 2. The number of hydrogen-bond acceptors (Lipinski definition) is 32. The van der Waals surface area contributed by atoms with Crippen LogP contribution in [-0.2, 0) is 68.9 Å². The van der Waals surface area contributed by atoms with Gasteiger partial charge in [0.25, 0.3) is 11.1 Å². The first-order valence-electron chi connectivity index (χ1n) is 23.9. The molecule has 0 bridgehead atoms. The minimum Gasteiger partial charge on any atom is -0.387 e. The number of nitrogens with zero attached hydrogens (tertiary/aromatic N) is 8. The highest BCUT2D eigenvalue weighted by Crippen LogP contribution is 2.54. The summed E-state index contributed by atoms with van der Waals surface area (Å²) in [6.07, 6.45) is -27.6. The molecule has 4 saturated heterocycles. The molecule has 20 atom stereocenters. The second kappa shape index (κ2) is 24.5. The standard InChI is InChI=1S/C38H49N13O29P4/c1-12-6-50(38(61)45-28(12)40)33-23(56)27(16(77-33)10-73-83(66,67)78-25-14(7-70-81(62)63)75-34(24(25)57)51-11-42-19-29(51)46-35(41)47-30(19)58)80-84(68,69)72-9-15-26(22(55)32(76-15)48-4-2-17(39)43-36(48)59)79-82(64,65)71-8-13-20(53)21(54)31(74-13)49-5-3-18(52)44-37(49)60/h2-6,11,13-16,20-27,31-34,53-57H,7-10H2,1H3,(H11-,39,40,41,43,44,45,46,47,52,58,59,60,61,62,63,64,65,66,67,68,69)/p+1/t13-,14-,15-,16-,20-,21-,22-,23-,24-,25-,26-,27-,31-,32-,33-,34-/m1/s1. The Morgan fingerprint density at radius 1 is 0.619 bits per heavy atom. The lowest BCUT2D eigenvalue weighted by atomic mass is 10.1. The first-order valence-corrected chi connectivity index (χ1v) is 29.5. The first-order chi connectivity index (χ1) is 39.4. The average molecular weight is 1280 g/mol. The molecule has 0 saturated carbocycles. The zero-order chi connectivity index (χ0) is 61.1. The first kappa shape index (κ1) is 62.7. The van der Waals surface area contributed by atoms with Crippen LogP contribution in [0.25, 0.3) is 11.2 Å². The van der Waals surface area contributed by atoms with Crippen molar-refractivity contribution in [1.29, 1.82) is 0 Å². The SMILES string of the molecule is Cc1cn([C@@H]2O[C@H](COP(=O)(O)O[C@H]3[C@@H](O)[C@H](n4cnc5c(=O)[nH]c(N)nc54)O[C@@H]3CO[P+](=O)O)[C@@H](OP(=O)(O)OC[C@H]3O[C@@H](n4ccc(N)nc4=O)[C@H](O)[C@@H]3OP(=O)(O)OC[C@H]3O[C@@H](n4ccc(=O)[nH]c4=O)[C@H](O)[C@@H]3O)[C@H]2O)c(=O)nc1N. The highest BCUT2D eigenvalue weighted by atomic mass is 31.2. The van der Waals surface area contributed by atoms with E-state index in [0.717, 1.165) is 41.6 Å². The number of ether oxygens (including phenoxy) is 4. The quantitative estimate of drug-likeness (QED) is 0.0287. The summed E-state index contributed by atoms with van der Waals surface area (Å²) in [7, 11) is -20.4. The molecule has 4 aliphatic rings. The van der Waals surface area contributed by atoms with Crippen LogP contribution in [0.1, 0.15) is 30.5 Å². The third-order valence-electron chi connectivity index (χ3n) is 13.0. The molecule has 4 aliphatic heterocycles. The number of nitrogens with one attached hydrogen (secondary N) is 2. The molecule has 9 rings (SSSR count). The van der Waals surface area contributed by atoms with E-state index < -0.39 is 190 Å². The van der Waals surface area contributed by atoms with Crippen LogP contribution in [0.4, 0.5) is 17.6 Å². The highest BCUT2D eigenvalue weighted by molar-refractivity contribution is 7.48. The van der Waals surface area contributed by atoms with E-state index in [1.54, 1.807) is 0 Å². The Kier molecular flexibility index (Phi) is 18.3. The van der Waals surface area contributed by atoms with E-state index in [1.807, 2.05) is 4.98 Å². The van der Waals surface area contributed by atoms with E-state index in [0.29, 0.717) is 13.7 Å². The molecule has 5 aromatic heterocycles. The molecule has 42 nitrogen and oxygen atoms in total. The number of phosphoric ester groups is 3. The average Bonchev–Trinajstić information content (AvgIpc) is 2.36. The Labute approximate surface area is 465 Å². The van der Waals surface area contributed by atoms with Crippen molar-refractivity contribution in [2.24, 2.45) is 0 Å². The second-order valence-electron chi connectivity index (χ2n) is 18.6. The molecule has 4 unspecified atom stereocenters. The van der Waals surface area contributed by atoms with Crippen molar-refractivity contribution in [1.82, 2.24) is 48.2 Å². The van der Waals surface area contributed by atoms with E-state index >= 15 is 0 Å². The van der Waals surface area contributed by atoms with E-state index in [2.05, 4.69) is 24.9 Å².